The average molecular weight is 311 g/mol. The van der Waals surface area contributed by atoms with Crippen LogP contribution in [0, 0.1) is 0 Å². The summed E-state index contributed by atoms with van der Waals surface area (Å²) >= 11 is 0. The van der Waals surface area contributed by atoms with Gasteiger partial charge in [0, 0.05) is 11.8 Å². The van der Waals surface area contributed by atoms with Gasteiger partial charge in [-0.25, -0.2) is 0 Å². The third kappa shape index (κ3) is 1.80. The molecule has 0 aromatic heterocycles. The maximum absolute atomic E-state index is 10.9. The van der Waals surface area contributed by atoms with E-state index in [1.807, 2.05) is 0 Å². The van der Waals surface area contributed by atoms with Crippen LogP contribution in [0.15, 0.2) is 29.3 Å². The first-order valence-electron chi connectivity index (χ1n) is 6.76. The molecule has 0 bridgehead atoms. The Morgan fingerprint density at radius 2 is 1.77 bits per heavy atom. The molecule has 0 saturated carbocycles. The van der Waals surface area contributed by atoms with E-state index < -0.39 is 42.4 Å². The van der Waals surface area contributed by atoms with Crippen LogP contribution in [0.5, 0.6) is 0 Å². The van der Waals surface area contributed by atoms with Crippen LogP contribution in [-0.2, 0) is 10.3 Å². The van der Waals surface area contributed by atoms with Gasteiger partial charge in [-0.15, -0.1) is 0 Å². The molecule has 6 atom stereocenters. The molecule has 1 unspecified atom stereocenters. The van der Waals surface area contributed by atoms with E-state index in [2.05, 4.69) is 4.99 Å². The van der Waals surface area contributed by atoms with Gasteiger partial charge in [0.05, 0.1) is 12.3 Å². The highest BCUT2D eigenvalue weighted by molar-refractivity contribution is 5.85. The van der Waals surface area contributed by atoms with Crippen LogP contribution >= 0.6 is 0 Å². The van der Waals surface area contributed by atoms with Gasteiger partial charge in [0.25, 0.3) is 0 Å². The number of para-hydroxylation sites is 1. The van der Waals surface area contributed by atoms with Crippen LogP contribution in [0.3, 0.4) is 0 Å². The number of ether oxygens (including phenoxy) is 1. The van der Waals surface area contributed by atoms with Gasteiger partial charge in [0.2, 0.25) is 0 Å². The van der Waals surface area contributed by atoms with Crippen molar-refractivity contribution in [3.63, 3.8) is 0 Å². The van der Waals surface area contributed by atoms with Gasteiger partial charge in [0.15, 0.2) is 17.5 Å². The lowest BCUT2D eigenvalue weighted by Crippen LogP contribution is -2.75. The second-order valence-electron chi connectivity index (χ2n) is 5.50. The van der Waals surface area contributed by atoms with Gasteiger partial charge >= 0.3 is 0 Å². The number of hydrogen-bond acceptors (Lipinski definition) is 8. The van der Waals surface area contributed by atoms with Crippen molar-refractivity contribution >= 4 is 11.9 Å². The molecule has 3 rings (SSSR count). The highest BCUT2D eigenvalue weighted by Gasteiger charge is 2.66. The Morgan fingerprint density at radius 3 is 2.45 bits per heavy atom. The molecule has 0 aliphatic carbocycles. The van der Waals surface area contributed by atoms with Crippen molar-refractivity contribution in [1.29, 1.82) is 0 Å². The molecule has 2 aliphatic rings. The number of hydrogen-bond donors (Lipinski definition) is 6. The number of aliphatic imine (C=N–C) groups is 1. The number of aliphatic hydroxyl groups is 6. The van der Waals surface area contributed by atoms with Crippen molar-refractivity contribution in [2.45, 2.75) is 35.8 Å². The molecule has 0 amide bonds. The van der Waals surface area contributed by atoms with E-state index in [1.54, 1.807) is 18.2 Å². The number of aliphatic hydroxyl groups excluding tert-OH is 4. The molecule has 8 heteroatoms. The molecule has 1 aromatic carbocycles. The summed E-state index contributed by atoms with van der Waals surface area (Å²) in [7, 11) is 0. The first-order chi connectivity index (χ1) is 10.4. The van der Waals surface area contributed by atoms with Crippen molar-refractivity contribution in [2.75, 3.05) is 6.61 Å². The summed E-state index contributed by atoms with van der Waals surface area (Å²) in [5.41, 5.74) is -4.34. The van der Waals surface area contributed by atoms with E-state index in [0.29, 0.717) is 5.69 Å². The first kappa shape index (κ1) is 15.5. The summed E-state index contributed by atoms with van der Waals surface area (Å²) in [6.45, 7) is -0.720. The zero-order chi connectivity index (χ0) is 16.1. The smallest absolute Gasteiger partial charge is 0.184 e. The van der Waals surface area contributed by atoms with E-state index in [9.17, 15) is 30.6 Å². The second-order valence-corrected chi connectivity index (χ2v) is 5.50. The summed E-state index contributed by atoms with van der Waals surface area (Å²) < 4.78 is 4.84. The number of nitrogens with zero attached hydrogens (tertiary/aromatic N) is 1. The average Bonchev–Trinajstić information content (AvgIpc) is 2.88. The summed E-state index contributed by atoms with van der Waals surface area (Å²) in [6.07, 6.45) is -6.16. The minimum absolute atomic E-state index is 0.168. The monoisotopic (exact) mass is 311 g/mol. The van der Waals surface area contributed by atoms with E-state index >= 15 is 0 Å². The molecule has 22 heavy (non-hydrogen) atoms. The predicted octanol–water partition coefficient (Wildman–Crippen LogP) is -2.25. The van der Waals surface area contributed by atoms with E-state index in [4.69, 9.17) is 4.74 Å². The fourth-order valence-electron chi connectivity index (χ4n) is 3.06. The van der Waals surface area contributed by atoms with Gasteiger partial charge in [-0.2, -0.15) is 0 Å². The molecule has 1 saturated heterocycles. The summed E-state index contributed by atoms with van der Waals surface area (Å²) in [4.78, 5) is 3.98. The fraction of sp³-hybridized carbons (Fsp3) is 0.500. The topological polar surface area (TPSA) is 143 Å². The van der Waals surface area contributed by atoms with Gasteiger partial charge in [-0.05, 0) is 6.07 Å². The molecule has 1 aromatic rings. The SMILES string of the molecule is OC[C@H]1O[C@@H](O)[C@H](O)[C@](O)(C2(O)C=Nc3ccccc32)[C@@H]1O. The molecule has 0 radical (unpaired) electrons. The molecule has 6 N–H and O–H groups in total. The van der Waals surface area contributed by atoms with Gasteiger partial charge in [0.1, 0.15) is 18.3 Å². The molecule has 8 nitrogen and oxygen atoms in total. The molecular weight excluding hydrogens is 294 g/mol. The molecular formula is C14H17NO7. The predicted molar refractivity (Wildman–Crippen MR) is 73.4 cm³/mol. The lowest BCUT2D eigenvalue weighted by molar-refractivity contribution is -0.349. The fourth-order valence-corrected chi connectivity index (χ4v) is 3.06. The van der Waals surface area contributed by atoms with Gasteiger partial charge < -0.3 is 35.4 Å². The van der Waals surface area contributed by atoms with Crippen LogP contribution < -0.4 is 0 Å². The third-order valence-corrected chi connectivity index (χ3v) is 4.33. The Morgan fingerprint density at radius 1 is 1.09 bits per heavy atom. The molecule has 2 heterocycles. The number of benzene rings is 1. The lowest BCUT2D eigenvalue weighted by atomic mass is 9.69. The third-order valence-electron chi connectivity index (χ3n) is 4.33. The van der Waals surface area contributed by atoms with Gasteiger partial charge in [-0.1, -0.05) is 18.2 Å². The van der Waals surface area contributed by atoms with E-state index in [1.165, 1.54) is 6.07 Å². The second kappa shape index (κ2) is 5.07. The van der Waals surface area contributed by atoms with Crippen LogP contribution in [0.4, 0.5) is 5.69 Å². The van der Waals surface area contributed by atoms with Crippen molar-refractivity contribution in [2.24, 2.45) is 4.99 Å². The maximum atomic E-state index is 10.9. The Kier molecular flexibility index (Phi) is 3.57. The van der Waals surface area contributed by atoms with Gasteiger partial charge in [-0.3, -0.25) is 4.99 Å². The van der Waals surface area contributed by atoms with Crippen LogP contribution in [0.1, 0.15) is 5.56 Å². The highest BCUT2D eigenvalue weighted by Crippen LogP contribution is 2.47. The van der Waals surface area contributed by atoms with Crippen LogP contribution in [0.25, 0.3) is 0 Å². The quantitative estimate of drug-likeness (QED) is 0.362. The molecule has 2 aliphatic heterocycles. The lowest BCUT2D eigenvalue weighted by Gasteiger charge is -2.51. The van der Waals surface area contributed by atoms with Crippen molar-refractivity contribution < 1.29 is 35.4 Å². The number of fused-ring (bicyclic) bond motifs is 1. The molecule has 1 fully saturated rings. The Labute approximate surface area is 125 Å². The maximum Gasteiger partial charge on any atom is 0.184 e. The summed E-state index contributed by atoms with van der Waals surface area (Å²) in [5, 5.41) is 61.2. The summed E-state index contributed by atoms with van der Waals surface area (Å²) in [6, 6.07) is 6.34. The first-order valence-corrected chi connectivity index (χ1v) is 6.76. The van der Waals surface area contributed by atoms with Crippen molar-refractivity contribution in [3.05, 3.63) is 29.8 Å². The highest BCUT2D eigenvalue weighted by atomic mass is 16.6. The number of rotatable bonds is 2. The van der Waals surface area contributed by atoms with Crippen molar-refractivity contribution in [3.8, 4) is 0 Å². The normalized spacial score (nSPS) is 44.1. The van der Waals surface area contributed by atoms with Crippen LogP contribution in [0.2, 0.25) is 0 Å². The molecule has 120 valence electrons. The minimum atomic E-state index is -2.62. The zero-order valence-electron chi connectivity index (χ0n) is 11.4. The zero-order valence-corrected chi connectivity index (χ0v) is 11.4. The molecule has 0 spiro atoms. The Bertz CT molecular complexity index is 609. The van der Waals surface area contributed by atoms with Crippen molar-refractivity contribution in [1.82, 2.24) is 0 Å². The minimum Gasteiger partial charge on any atom is -0.394 e. The Hall–Kier alpha value is -1.39. The summed E-state index contributed by atoms with van der Waals surface area (Å²) in [5.74, 6) is 0. The Balaban J connectivity index is 2.14. The van der Waals surface area contributed by atoms with E-state index in [0.717, 1.165) is 6.21 Å². The van der Waals surface area contributed by atoms with E-state index in [-0.39, 0.29) is 5.56 Å². The standard InChI is InChI=1S/C14H17NO7/c16-5-9-10(17)14(21,11(18)12(19)22-9)13(20)6-15-8-4-2-1-3-7(8)13/h1-4,6,9-12,16-21H,5H2/t9-,10-,11+,12-,13?,14+/m1/s1. The van der Waals surface area contributed by atoms with Crippen LogP contribution in [-0.4, -0.2) is 73.7 Å². The largest absolute Gasteiger partial charge is 0.394 e.